The Morgan fingerprint density at radius 1 is 0.781 bits per heavy atom. The van der Waals surface area contributed by atoms with Crippen molar-refractivity contribution in [2.75, 3.05) is 18.5 Å². The fraction of sp³-hybridized carbons (Fsp3) is 0.160. The number of carbonyl (C=O) groups excluding carboxylic acids is 1. The zero-order chi connectivity index (χ0) is 21.8. The minimum atomic E-state index is -0.300. The standard InChI is InChI=1S/C25H21N3O4/c29-24(20-9-6-18(7-10-20)14-17-4-2-1-3-5-17)26-25-28-27-23(32-25)16-19-8-11-21-22(15-19)31-13-12-30-21/h1-11,15H,12-14,16H2,(H,26,28,29). The van der Waals surface area contributed by atoms with E-state index in [4.69, 9.17) is 13.9 Å². The van der Waals surface area contributed by atoms with Gasteiger partial charge in [0.15, 0.2) is 11.5 Å². The van der Waals surface area contributed by atoms with Crippen molar-refractivity contribution < 1.29 is 18.7 Å². The summed E-state index contributed by atoms with van der Waals surface area (Å²) in [5.41, 5.74) is 3.83. The fourth-order valence-corrected chi connectivity index (χ4v) is 3.52. The lowest BCUT2D eigenvalue weighted by molar-refractivity contribution is 0.102. The van der Waals surface area contributed by atoms with Crippen LogP contribution < -0.4 is 14.8 Å². The molecule has 7 heteroatoms. The van der Waals surface area contributed by atoms with Crippen molar-refractivity contribution in [1.82, 2.24) is 10.2 Å². The molecule has 0 bridgehead atoms. The minimum absolute atomic E-state index is 0.0657. The van der Waals surface area contributed by atoms with Gasteiger partial charge in [-0.3, -0.25) is 10.1 Å². The van der Waals surface area contributed by atoms with E-state index in [1.54, 1.807) is 12.1 Å². The van der Waals surface area contributed by atoms with Crippen LogP contribution >= 0.6 is 0 Å². The summed E-state index contributed by atoms with van der Waals surface area (Å²) in [4.78, 5) is 12.5. The molecule has 3 aromatic carbocycles. The van der Waals surface area contributed by atoms with Crippen LogP contribution in [0.2, 0.25) is 0 Å². The topological polar surface area (TPSA) is 86.5 Å². The highest BCUT2D eigenvalue weighted by Gasteiger charge is 2.15. The Hall–Kier alpha value is -4.13. The predicted octanol–water partition coefficient (Wildman–Crippen LogP) is 4.27. The van der Waals surface area contributed by atoms with Crippen molar-refractivity contribution in [2.24, 2.45) is 0 Å². The van der Waals surface area contributed by atoms with E-state index in [0.717, 1.165) is 23.3 Å². The highest BCUT2D eigenvalue weighted by Crippen LogP contribution is 2.31. The monoisotopic (exact) mass is 427 g/mol. The maximum atomic E-state index is 12.5. The summed E-state index contributed by atoms with van der Waals surface area (Å²) in [6.45, 7) is 1.08. The van der Waals surface area contributed by atoms with Gasteiger partial charge in [0.05, 0.1) is 6.42 Å². The summed E-state index contributed by atoms with van der Waals surface area (Å²) >= 11 is 0. The summed E-state index contributed by atoms with van der Waals surface area (Å²) in [6, 6.07) is 23.4. The number of ether oxygens (including phenoxy) is 2. The minimum Gasteiger partial charge on any atom is -0.486 e. The first-order chi connectivity index (χ1) is 15.7. The fourth-order valence-electron chi connectivity index (χ4n) is 3.52. The van der Waals surface area contributed by atoms with E-state index >= 15 is 0 Å². The second-order valence-electron chi connectivity index (χ2n) is 7.47. The molecular weight excluding hydrogens is 406 g/mol. The molecule has 0 radical (unpaired) electrons. The number of benzene rings is 3. The highest BCUT2D eigenvalue weighted by molar-refractivity contribution is 6.03. The Balaban J connectivity index is 1.20. The molecule has 2 heterocycles. The molecule has 0 fully saturated rings. The maximum Gasteiger partial charge on any atom is 0.322 e. The number of amides is 1. The van der Waals surface area contributed by atoms with Crippen LogP contribution in [0.25, 0.3) is 0 Å². The second-order valence-corrected chi connectivity index (χ2v) is 7.47. The number of carbonyl (C=O) groups is 1. The van der Waals surface area contributed by atoms with Crippen LogP contribution in [0.1, 0.15) is 32.9 Å². The number of rotatable bonds is 6. The number of nitrogens with zero attached hydrogens (tertiary/aromatic N) is 2. The smallest absolute Gasteiger partial charge is 0.322 e. The lowest BCUT2D eigenvalue weighted by atomic mass is 10.0. The Labute approximate surface area is 185 Å². The van der Waals surface area contributed by atoms with Gasteiger partial charge < -0.3 is 13.9 Å². The number of aromatic nitrogens is 2. The normalized spacial score (nSPS) is 12.4. The highest BCUT2D eigenvalue weighted by atomic mass is 16.6. The van der Waals surface area contributed by atoms with Crippen molar-refractivity contribution in [1.29, 1.82) is 0 Å². The first kappa shape index (κ1) is 19.8. The van der Waals surface area contributed by atoms with Gasteiger partial charge in [0.2, 0.25) is 5.89 Å². The van der Waals surface area contributed by atoms with Crippen molar-refractivity contribution in [2.45, 2.75) is 12.8 Å². The van der Waals surface area contributed by atoms with E-state index in [0.29, 0.717) is 36.8 Å². The number of fused-ring (bicyclic) bond motifs is 1. The van der Waals surface area contributed by atoms with Gasteiger partial charge in [-0.25, -0.2) is 0 Å². The lowest BCUT2D eigenvalue weighted by Crippen LogP contribution is -2.15. The van der Waals surface area contributed by atoms with E-state index < -0.39 is 0 Å². The van der Waals surface area contributed by atoms with Crippen molar-refractivity contribution in [3.63, 3.8) is 0 Å². The number of nitrogens with one attached hydrogen (secondary N) is 1. The van der Waals surface area contributed by atoms with Gasteiger partial charge in [-0.15, -0.1) is 5.10 Å². The van der Waals surface area contributed by atoms with Gasteiger partial charge in [0, 0.05) is 5.56 Å². The molecule has 1 aliphatic heterocycles. The predicted molar refractivity (Wildman–Crippen MR) is 118 cm³/mol. The third-order valence-electron chi connectivity index (χ3n) is 5.12. The van der Waals surface area contributed by atoms with Gasteiger partial charge >= 0.3 is 6.01 Å². The van der Waals surface area contributed by atoms with Crippen LogP contribution in [0.15, 0.2) is 77.2 Å². The van der Waals surface area contributed by atoms with Gasteiger partial charge in [-0.2, -0.15) is 0 Å². The van der Waals surface area contributed by atoms with E-state index in [1.807, 2.05) is 48.5 Å². The Bertz CT molecular complexity index is 1220. The first-order valence-corrected chi connectivity index (χ1v) is 10.4. The third kappa shape index (κ3) is 4.62. The molecule has 1 amide bonds. The van der Waals surface area contributed by atoms with Crippen LogP contribution in [0.3, 0.4) is 0 Å². The van der Waals surface area contributed by atoms with Crippen LogP contribution in [-0.2, 0) is 12.8 Å². The maximum absolute atomic E-state index is 12.5. The van der Waals surface area contributed by atoms with E-state index in [1.165, 1.54) is 5.56 Å². The molecule has 5 rings (SSSR count). The molecule has 1 N–H and O–H groups in total. The van der Waals surface area contributed by atoms with Crippen molar-refractivity contribution >= 4 is 11.9 Å². The molecule has 1 aliphatic rings. The van der Waals surface area contributed by atoms with E-state index in [-0.39, 0.29) is 11.9 Å². The van der Waals surface area contributed by atoms with E-state index in [2.05, 4.69) is 27.6 Å². The summed E-state index contributed by atoms with van der Waals surface area (Å²) in [7, 11) is 0. The summed E-state index contributed by atoms with van der Waals surface area (Å²) in [5, 5.41) is 10.6. The summed E-state index contributed by atoms with van der Waals surface area (Å²) in [5.74, 6) is 1.53. The van der Waals surface area contributed by atoms with Crippen molar-refractivity contribution in [3.8, 4) is 11.5 Å². The Morgan fingerprint density at radius 2 is 1.50 bits per heavy atom. The average molecular weight is 427 g/mol. The molecule has 160 valence electrons. The molecule has 0 unspecified atom stereocenters. The number of hydrogen-bond donors (Lipinski definition) is 1. The molecule has 0 spiro atoms. The Morgan fingerprint density at radius 3 is 2.31 bits per heavy atom. The molecule has 0 aliphatic carbocycles. The molecular formula is C25H21N3O4. The zero-order valence-corrected chi connectivity index (χ0v) is 17.3. The Kier molecular flexibility index (Phi) is 5.53. The third-order valence-corrected chi connectivity index (χ3v) is 5.12. The second kappa shape index (κ2) is 8.93. The van der Waals surface area contributed by atoms with Crippen LogP contribution in [0.4, 0.5) is 6.01 Å². The largest absolute Gasteiger partial charge is 0.486 e. The zero-order valence-electron chi connectivity index (χ0n) is 17.3. The molecule has 1 aromatic heterocycles. The summed E-state index contributed by atoms with van der Waals surface area (Å²) in [6.07, 6.45) is 1.24. The molecule has 4 aromatic rings. The SMILES string of the molecule is O=C(Nc1nnc(Cc2ccc3c(c2)OCCO3)o1)c1ccc(Cc2ccccc2)cc1. The van der Waals surface area contributed by atoms with Crippen LogP contribution in [0, 0.1) is 0 Å². The molecule has 0 saturated heterocycles. The molecule has 7 nitrogen and oxygen atoms in total. The van der Waals surface area contributed by atoms with Crippen LogP contribution in [0.5, 0.6) is 11.5 Å². The van der Waals surface area contributed by atoms with Gasteiger partial charge in [0.1, 0.15) is 13.2 Å². The summed E-state index contributed by atoms with van der Waals surface area (Å²) < 4.78 is 16.7. The number of anilines is 1. The number of hydrogen-bond acceptors (Lipinski definition) is 6. The van der Waals surface area contributed by atoms with E-state index in [9.17, 15) is 4.79 Å². The molecule has 0 saturated carbocycles. The lowest BCUT2D eigenvalue weighted by Gasteiger charge is -2.18. The van der Waals surface area contributed by atoms with Crippen molar-refractivity contribution in [3.05, 3.63) is 101 Å². The van der Waals surface area contributed by atoms with Gasteiger partial charge in [0.25, 0.3) is 5.91 Å². The quantitative estimate of drug-likeness (QED) is 0.494. The van der Waals surface area contributed by atoms with Crippen LogP contribution in [-0.4, -0.2) is 29.3 Å². The first-order valence-electron chi connectivity index (χ1n) is 10.4. The molecule has 0 atom stereocenters. The molecule has 32 heavy (non-hydrogen) atoms. The van der Waals surface area contributed by atoms with Gasteiger partial charge in [-0.1, -0.05) is 53.6 Å². The van der Waals surface area contributed by atoms with Gasteiger partial charge in [-0.05, 0) is 47.4 Å². The average Bonchev–Trinajstić information content (AvgIpc) is 3.26.